The van der Waals surface area contributed by atoms with E-state index in [1.165, 1.54) is 7.11 Å². The molecule has 20 heavy (non-hydrogen) atoms. The Bertz CT molecular complexity index is 459. The minimum absolute atomic E-state index is 0.0595. The van der Waals surface area contributed by atoms with Gasteiger partial charge in [0.25, 0.3) is 5.91 Å². The van der Waals surface area contributed by atoms with Gasteiger partial charge in [0.15, 0.2) is 0 Å². The maximum absolute atomic E-state index is 12.5. The summed E-state index contributed by atoms with van der Waals surface area (Å²) in [7, 11) is 1.35. The van der Waals surface area contributed by atoms with Gasteiger partial charge >= 0.3 is 5.97 Å². The highest BCUT2D eigenvalue weighted by Gasteiger charge is 2.21. The third-order valence-corrected chi connectivity index (χ3v) is 3.79. The van der Waals surface area contributed by atoms with E-state index >= 15 is 0 Å². The zero-order valence-electron chi connectivity index (χ0n) is 12.1. The maximum Gasteiger partial charge on any atom is 0.307 e. The molecule has 0 aliphatic rings. The van der Waals surface area contributed by atoms with Crippen molar-refractivity contribution in [1.29, 1.82) is 0 Å². The van der Waals surface area contributed by atoms with Gasteiger partial charge in [-0.25, -0.2) is 0 Å². The molecule has 1 aromatic carbocycles. The van der Waals surface area contributed by atoms with Crippen LogP contribution in [0.4, 0.5) is 0 Å². The Morgan fingerprint density at radius 1 is 1.30 bits per heavy atom. The Balaban J connectivity index is 2.84. The minimum Gasteiger partial charge on any atom is -0.469 e. The van der Waals surface area contributed by atoms with Crippen LogP contribution in [0.3, 0.4) is 0 Å². The summed E-state index contributed by atoms with van der Waals surface area (Å²) >= 11 is 3.35. The number of hydrogen-bond donors (Lipinski definition) is 0. The van der Waals surface area contributed by atoms with E-state index in [2.05, 4.69) is 20.7 Å². The average molecular weight is 342 g/mol. The topological polar surface area (TPSA) is 46.6 Å². The molecule has 0 N–H and O–H groups in total. The van der Waals surface area contributed by atoms with Gasteiger partial charge in [0.05, 0.1) is 13.5 Å². The van der Waals surface area contributed by atoms with Crippen LogP contribution in [0.25, 0.3) is 0 Å². The van der Waals surface area contributed by atoms with Crippen LogP contribution in [0.1, 0.15) is 37.0 Å². The monoisotopic (exact) mass is 341 g/mol. The van der Waals surface area contributed by atoms with Crippen molar-refractivity contribution in [1.82, 2.24) is 4.90 Å². The molecule has 1 amide bonds. The van der Waals surface area contributed by atoms with Gasteiger partial charge in [0.1, 0.15) is 0 Å². The molecule has 0 aliphatic heterocycles. The molecule has 0 bridgehead atoms. The third-order valence-electron chi connectivity index (χ3n) is 3.26. The minimum atomic E-state index is -0.304. The van der Waals surface area contributed by atoms with E-state index in [0.29, 0.717) is 12.1 Å². The molecule has 0 spiro atoms. The Morgan fingerprint density at radius 3 is 2.40 bits per heavy atom. The highest BCUT2D eigenvalue weighted by molar-refractivity contribution is 9.10. The van der Waals surface area contributed by atoms with Crippen molar-refractivity contribution in [2.75, 3.05) is 13.7 Å². The quantitative estimate of drug-likeness (QED) is 0.746. The molecule has 1 aromatic rings. The number of rotatable bonds is 6. The fraction of sp³-hybridized carbons (Fsp3) is 0.467. The van der Waals surface area contributed by atoms with E-state index < -0.39 is 0 Å². The molecule has 0 saturated carbocycles. The number of esters is 1. The summed E-state index contributed by atoms with van der Waals surface area (Å²) in [6.45, 7) is 4.37. The molecule has 110 valence electrons. The fourth-order valence-electron chi connectivity index (χ4n) is 1.81. The summed E-state index contributed by atoms with van der Waals surface area (Å²) in [4.78, 5) is 25.5. The first kappa shape index (κ1) is 16.7. The molecule has 4 nitrogen and oxygen atoms in total. The average Bonchev–Trinajstić information content (AvgIpc) is 2.47. The van der Waals surface area contributed by atoms with Crippen LogP contribution in [-0.4, -0.2) is 36.5 Å². The highest BCUT2D eigenvalue weighted by atomic mass is 79.9. The summed E-state index contributed by atoms with van der Waals surface area (Å²) in [6, 6.07) is 7.31. The molecule has 0 aliphatic carbocycles. The number of hydrogen-bond acceptors (Lipinski definition) is 3. The van der Waals surface area contributed by atoms with Crippen molar-refractivity contribution in [3.63, 3.8) is 0 Å². The molecule has 1 rings (SSSR count). The molecular formula is C15H20BrNO3. The Labute approximate surface area is 128 Å². The van der Waals surface area contributed by atoms with Crippen molar-refractivity contribution in [2.45, 2.75) is 32.7 Å². The number of ether oxygens (including phenoxy) is 1. The van der Waals surface area contributed by atoms with Crippen molar-refractivity contribution in [2.24, 2.45) is 0 Å². The lowest BCUT2D eigenvalue weighted by molar-refractivity contribution is -0.140. The smallest absolute Gasteiger partial charge is 0.307 e. The number of carbonyl (C=O) groups excluding carboxylic acids is 2. The molecule has 1 atom stereocenters. The standard InChI is InChI=1S/C15H20BrNO3/c1-4-11(2)17(10-9-14(18)20-3)15(19)12-5-7-13(16)8-6-12/h5-8,11H,4,9-10H2,1-3H3. The molecule has 0 saturated heterocycles. The van der Waals surface area contributed by atoms with Crippen LogP contribution in [0.15, 0.2) is 28.7 Å². The normalized spacial score (nSPS) is 11.8. The molecule has 5 heteroatoms. The number of amides is 1. The molecule has 0 radical (unpaired) electrons. The van der Waals surface area contributed by atoms with Crippen LogP contribution < -0.4 is 0 Å². The van der Waals surface area contributed by atoms with Gasteiger partial charge in [-0.2, -0.15) is 0 Å². The van der Waals surface area contributed by atoms with Crippen molar-refractivity contribution >= 4 is 27.8 Å². The number of halogens is 1. The van der Waals surface area contributed by atoms with Gasteiger partial charge in [-0.1, -0.05) is 22.9 Å². The second-order valence-corrected chi connectivity index (χ2v) is 5.50. The molecule has 0 heterocycles. The number of methoxy groups -OCH3 is 1. The van der Waals surface area contributed by atoms with E-state index in [4.69, 9.17) is 0 Å². The van der Waals surface area contributed by atoms with Gasteiger partial charge in [-0.15, -0.1) is 0 Å². The highest BCUT2D eigenvalue weighted by Crippen LogP contribution is 2.15. The molecule has 0 aromatic heterocycles. The van der Waals surface area contributed by atoms with E-state index in [9.17, 15) is 9.59 Å². The summed E-state index contributed by atoms with van der Waals surface area (Å²) in [5.74, 6) is -0.363. The largest absolute Gasteiger partial charge is 0.469 e. The molecule has 0 fully saturated rings. The van der Waals surface area contributed by atoms with Crippen molar-refractivity contribution < 1.29 is 14.3 Å². The number of nitrogens with zero attached hydrogens (tertiary/aromatic N) is 1. The van der Waals surface area contributed by atoms with Crippen molar-refractivity contribution in [3.8, 4) is 0 Å². The van der Waals surface area contributed by atoms with Gasteiger partial charge in [0, 0.05) is 22.6 Å². The SMILES string of the molecule is CCC(C)N(CCC(=O)OC)C(=O)c1ccc(Br)cc1. The van der Waals surface area contributed by atoms with Crippen molar-refractivity contribution in [3.05, 3.63) is 34.3 Å². The Kier molecular flexibility index (Phi) is 6.71. The third kappa shape index (κ3) is 4.63. The lowest BCUT2D eigenvalue weighted by atomic mass is 10.1. The zero-order valence-corrected chi connectivity index (χ0v) is 13.6. The van der Waals surface area contributed by atoms with Crippen LogP contribution in [0, 0.1) is 0 Å². The Hall–Kier alpha value is -1.36. The first-order valence-corrected chi connectivity index (χ1v) is 7.42. The van der Waals surface area contributed by atoms with Gasteiger partial charge < -0.3 is 9.64 Å². The lowest BCUT2D eigenvalue weighted by Gasteiger charge is -2.28. The number of benzene rings is 1. The van der Waals surface area contributed by atoms with Crippen LogP contribution in [0.2, 0.25) is 0 Å². The lowest BCUT2D eigenvalue weighted by Crippen LogP contribution is -2.39. The van der Waals surface area contributed by atoms with E-state index in [-0.39, 0.29) is 24.3 Å². The van der Waals surface area contributed by atoms with E-state index in [1.54, 1.807) is 17.0 Å². The summed E-state index contributed by atoms with van der Waals surface area (Å²) in [6.07, 6.45) is 1.05. The van der Waals surface area contributed by atoms with E-state index in [1.807, 2.05) is 26.0 Å². The second-order valence-electron chi connectivity index (χ2n) is 4.59. The maximum atomic E-state index is 12.5. The first-order chi connectivity index (χ1) is 9.49. The summed E-state index contributed by atoms with van der Waals surface area (Å²) < 4.78 is 5.56. The van der Waals surface area contributed by atoms with Gasteiger partial charge in [-0.05, 0) is 37.6 Å². The van der Waals surface area contributed by atoms with Crippen LogP contribution >= 0.6 is 15.9 Å². The van der Waals surface area contributed by atoms with Crippen LogP contribution in [0.5, 0.6) is 0 Å². The van der Waals surface area contributed by atoms with Gasteiger partial charge in [-0.3, -0.25) is 9.59 Å². The predicted molar refractivity (Wildman–Crippen MR) is 81.6 cm³/mol. The van der Waals surface area contributed by atoms with Crippen LogP contribution in [-0.2, 0) is 9.53 Å². The second kappa shape index (κ2) is 8.04. The predicted octanol–water partition coefficient (Wildman–Crippen LogP) is 3.25. The van der Waals surface area contributed by atoms with Gasteiger partial charge in [0.2, 0.25) is 0 Å². The molecule has 1 unspecified atom stereocenters. The Morgan fingerprint density at radius 2 is 1.90 bits per heavy atom. The fourth-order valence-corrected chi connectivity index (χ4v) is 2.08. The molecular weight excluding hydrogens is 322 g/mol. The first-order valence-electron chi connectivity index (χ1n) is 6.63. The van der Waals surface area contributed by atoms with E-state index in [0.717, 1.165) is 10.9 Å². The number of carbonyl (C=O) groups is 2. The summed E-state index contributed by atoms with van der Waals surface area (Å²) in [5, 5.41) is 0. The zero-order chi connectivity index (χ0) is 15.1. The summed E-state index contributed by atoms with van der Waals surface area (Å²) in [5.41, 5.74) is 0.623.